The Morgan fingerprint density at radius 2 is 2.16 bits per heavy atom. The van der Waals surface area contributed by atoms with Crippen molar-refractivity contribution in [2.45, 2.75) is 13.5 Å². The minimum absolute atomic E-state index is 0.0208. The SMILES string of the molecule is CC(=O)N(C)CC(=O)NCCn1cc(C(=O)O)nn1. The molecule has 0 unspecified atom stereocenters. The standard InChI is InChI=1S/C10H15N5O4/c1-7(16)14(2)6-9(17)11-3-4-15-5-8(10(18)19)12-13-15/h5H,3-4,6H2,1-2H3,(H,11,17)(H,18,19). The monoisotopic (exact) mass is 269 g/mol. The smallest absolute Gasteiger partial charge is 0.358 e. The first-order valence-electron chi connectivity index (χ1n) is 5.52. The fraction of sp³-hybridized carbons (Fsp3) is 0.500. The van der Waals surface area contributed by atoms with E-state index in [0.29, 0.717) is 6.54 Å². The van der Waals surface area contributed by atoms with Crippen LogP contribution >= 0.6 is 0 Å². The van der Waals surface area contributed by atoms with Gasteiger partial charge < -0.3 is 15.3 Å². The summed E-state index contributed by atoms with van der Waals surface area (Å²) in [7, 11) is 1.53. The topological polar surface area (TPSA) is 117 Å². The van der Waals surface area contributed by atoms with Crippen molar-refractivity contribution < 1.29 is 19.5 Å². The highest BCUT2D eigenvalue weighted by Crippen LogP contribution is 1.92. The van der Waals surface area contributed by atoms with Crippen LogP contribution in [-0.4, -0.2) is 62.9 Å². The maximum Gasteiger partial charge on any atom is 0.358 e. The molecule has 0 aliphatic heterocycles. The number of carboxylic acid groups (broad SMARTS) is 1. The number of amides is 2. The van der Waals surface area contributed by atoms with Crippen molar-refractivity contribution in [3.05, 3.63) is 11.9 Å². The zero-order valence-corrected chi connectivity index (χ0v) is 10.7. The van der Waals surface area contributed by atoms with Crippen LogP contribution < -0.4 is 5.32 Å². The lowest BCUT2D eigenvalue weighted by Crippen LogP contribution is -2.38. The van der Waals surface area contributed by atoms with Crippen LogP contribution in [0.3, 0.4) is 0 Å². The van der Waals surface area contributed by atoms with Gasteiger partial charge >= 0.3 is 5.97 Å². The average Bonchev–Trinajstić information content (AvgIpc) is 2.77. The Morgan fingerprint density at radius 1 is 1.47 bits per heavy atom. The second kappa shape index (κ2) is 6.47. The van der Waals surface area contributed by atoms with Gasteiger partial charge in [-0.15, -0.1) is 5.10 Å². The van der Waals surface area contributed by atoms with Gasteiger partial charge in [0.1, 0.15) is 0 Å². The molecule has 0 aliphatic carbocycles. The Kier molecular flexibility index (Phi) is 4.98. The Hall–Kier alpha value is -2.45. The molecule has 1 heterocycles. The van der Waals surface area contributed by atoms with Crippen LogP contribution in [0, 0.1) is 0 Å². The van der Waals surface area contributed by atoms with Crippen molar-refractivity contribution in [1.29, 1.82) is 0 Å². The first-order chi connectivity index (χ1) is 8.90. The summed E-state index contributed by atoms with van der Waals surface area (Å²) in [6, 6.07) is 0. The Labute approximate surface area is 109 Å². The summed E-state index contributed by atoms with van der Waals surface area (Å²) >= 11 is 0. The van der Waals surface area contributed by atoms with E-state index >= 15 is 0 Å². The first kappa shape index (κ1) is 14.6. The predicted octanol–water partition coefficient (Wildman–Crippen LogP) is -1.43. The summed E-state index contributed by atoms with van der Waals surface area (Å²) in [6.07, 6.45) is 1.27. The fourth-order valence-electron chi connectivity index (χ4n) is 1.20. The highest BCUT2D eigenvalue weighted by molar-refractivity contribution is 5.84. The molecule has 2 amide bonds. The number of aromatic carboxylic acids is 1. The van der Waals surface area contributed by atoms with Crippen LogP contribution in [0.2, 0.25) is 0 Å². The summed E-state index contributed by atoms with van der Waals surface area (Å²) in [5, 5.41) is 18.3. The lowest BCUT2D eigenvalue weighted by Gasteiger charge is -2.14. The van der Waals surface area contributed by atoms with E-state index in [4.69, 9.17) is 5.11 Å². The van der Waals surface area contributed by atoms with E-state index in [1.165, 1.54) is 29.7 Å². The van der Waals surface area contributed by atoms with Gasteiger partial charge in [0.05, 0.1) is 19.3 Å². The third-order valence-corrected chi connectivity index (χ3v) is 2.34. The van der Waals surface area contributed by atoms with Gasteiger partial charge in [0, 0.05) is 20.5 Å². The van der Waals surface area contributed by atoms with Crippen LogP contribution in [-0.2, 0) is 16.1 Å². The largest absolute Gasteiger partial charge is 0.476 e. The molecule has 19 heavy (non-hydrogen) atoms. The molecule has 0 atom stereocenters. The summed E-state index contributed by atoms with van der Waals surface area (Å²) < 4.78 is 1.32. The van der Waals surface area contributed by atoms with Gasteiger partial charge in [-0.3, -0.25) is 9.59 Å². The lowest BCUT2D eigenvalue weighted by atomic mass is 10.4. The first-order valence-corrected chi connectivity index (χ1v) is 5.52. The number of likely N-dealkylation sites (N-methyl/N-ethyl adjacent to an activating group) is 1. The van der Waals surface area contributed by atoms with E-state index < -0.39 is 5.97 Å². The summed E-state index contributed by atoms with van der Waals surface area (Å²) in [4.78, 5) is 34.2. The molecule has 0 bridgehead atoms. The molecule has 9 nitrogen and oxygen atoms in total. The fourth-order valence-corrected chi connectivity index (χ4v) is 1.20. The van der Waals surface area contributed by atoms with E-state index in [-0.39, 0.29) is 30.6 Å². The maximum absolute atomic E-state index is 11.4. The van der Waals surface area contributed by atoms with Gasteiger partial charge in [-0.25, -0.2) is 9.48 Å². The highest BCUT2D eigenvalue weighted by atomic mass is 16.4. The minimum atomic E-state index is -1.15. The van der Waals surface area contributed by atoms with Crippen molar-refractivity contribution in [2.24, 2.45) is 0 Å². The zero-order valence-electron chi connectivity index (χ0n) is 10.7. The van der Waals surface area contributed by atoms with E-state index in [1.807, 2.05) is 0 Å². The lowest BCUT2D eigenvalue weighted by molar-refractivity contribution is -0.133. The van der Waals surface area contributed by atoms with Gasteiger partial charge in [0.25, 0.3) is 0 Å². The van der Waals surface area contributed by atoms with Crippen molar-refractivity contribution in [3.8, 4) is 0 Å². The second-order valence-corrected chi connectivity index (χ2v) is 3.90. The molecule has 2 N–H and O–H groups in total. The van der Waals surface area contributed by atoms with Gasteiger partial charge in [0.2, 0.25) is 11.8 Å². The zero-order chi connectivity index (χ0) is 14.4. The van der Waals surface area contributed by atoms with Crippen molar-refractivity contribution in [3.63, 3.8) is 0 Å². The number of carboxylic acids is 1. The van der Waals surface area contributed by atoms with Gasteiger partial charge in [0.15, 0.2) is 5.69 Å². The molecule has 0 aromatic carbocycles. The number of hydrogen-bond acceptors (Lipinski definition) is 5. The van der Waals surface area contributed by atoms with Gasteiger partial charge in [-0.1, -0.05) is 5.21 Å². The Balaban J connectivity index is 2.31. The van der Waals surface area contributed by atoms with Crippen LogP contribution in [0.25, 0.3) is 0 Å². The molecule has 0 spiro atoms. The van der Waals surface area contributed by atoms with Crippen molar-refractivity contribution in [1.82, 2.24) is 25.2 Å². The summed E-state index contributed by atoms with van der Waals surface area (Å²) in [5.41, 5.74) is -0.150. The summed E-state index contributed by atoms with van der Waals surface area (Å²) in [5.74, 6) is -1.65. The molecule has 0 saturated heterocycles. The average molecular weight is 269 g/mol. The van der Waals surface area contributed by atoms with E-state index in [2.05, 4.69) is 15.6 Å². The van der Waals surface area contributed by atoms with Crippen LogP contribution in [0.1, 0.15) is 17.4 Å². The minimum Gasteiger partial charge on any atom is -0.476 e. The van der Waals surface area contributed by atoms with Crippen molar-refractivity contribution >= 4 is 17.8 Å². The number of nitrogens with zero attached hydrogens (tertiary/aromatic N) is 4. The normalized spacial score (nSPS) is 10.0. The number of hydrogen-bond donors (Lipinski definition) is 2. The molecule has 9 heteroatoms. The molecule has 0 fully saturated rings. The van der Waals surface area contributed by atoms with E-state index in [9.17, 15) is 14.4 Å². The van der Waals surface area contributed by atoms with Crippen LogP contribution in [0.15, 0.2) is 6.20 Å². The molecular formula is C10H15N5O4. The number of carbonyl (C=O) groups excluding carboxylic acids is 2. The Bertz CT molecular complexity index is 484. The third-order valence-electron chi connectivity index (χ3n) is 2.34. The predicted molar refractivity (Wildman–Crippen MR) is 63.3 cm³/mol. The number of nitrogens with one attached hydrogen (secondary N) is 1. The number of aromatic nitrogens is 3. The quantitative estimate of drug-likeness (QED) is 0.654. The molecular weight excluding hydrogens is 254 g/mol. The molecule has 1 rings (SSSR count). The highest BCUT2D eigenvalue weighted by Gasteiger charge is 2.10. The Morgan fingerprint density at radius 3 is 2.68 bits per heavy atom. The molecule has 0 saturated carbocycles. The van der Waals surface area contributed by atoms with Gasteiger partial charge in [-0.2, -0.15) is 0 Å². The molecule has 0 aliphatic rings. The third kappa shape index (κ3) is 4.74. The van der Waals surface area contributed by atoms with E-state index in [0.717, 1.165) is 0 Å². The molecule has 1 aromatic heterocycles. The van der Waals surface area contributed by atoms with Crippen LogP contribution in [0.5, 0.6) is 0 Å². The summed E-state index contributed by atoms with van der Waals surface area (Å²) in [6.45, 7) is 1.92. The molecule has 1 aromatic rings. The maximum atomic E-state index is 11.4. The number of rotatable bonds is 6. The number of carbonyl (C=O) groups is 3. The van der Waals surface area contributed by atoms with Crippen molar-refractivity contribution in [2.75, 3.05) is 20.1 Å². The molecule has 104 valence electrons. The molecule has 0 radical (unpaired) electrons. The van der Waals surface area contributed by atoms with E-state index in [1.54, 1.807) is 0 Å². The van der Waals surface area contributed by atoms with Crippen LogP contribution in [0.4, 0.5) is 0 Å². The van der Waals surface area contributed by atoms with Gasteiger partial charge in [-0.05, 0) is 0 Å². The second-order valence-electron chi connectivity index (χ2n) is 3.90.